The number of hydrogen-bond donors (Lipinski definition) is 0. The average Bonchev–Trinajstić information content (AvgIpc) is 4.04. The van der Waals surface area contributed by atoms with Gasteiger partial charge in [0.1, 0.15) is 0 Å². The topological polar surface area (TPSA) is 26.3 Å². The summed E-state index contributed by atoms with van der Waals surface area (Å²) in [6, 6.07) is 28.7. The minimum atomic E-state index is -5.60. The first-order chi connectivity index (χ1) is 32.3. The second kappa shape index (κ2) is 17.9. The van der Waals surface area contributed by atoms with Crippen LogP contribution in [0.4, 0.5) is 0 Å². The van der Waals surface area contributed by atoms with Crippen LogP contribution >= 0.6 is 17.0 Å². The molecule has 370 valence electrons. The van der Waals surface area contributed by atoms with E-state index >= 15 is 0 Å². The van der Waals surface area contributed by atoms with Crippen molar-refractivity contribution in [3.05, 3.63) is 163 Å². The van der Waals surface area contributed by atoms with E-state index in [1.165, 1.54) is 77.9 Å². The van der Waals surface area contributed by atoms with Gasteiger partial charge in [0.25, 0.3) is 0 Å². The van der Waals surface area contributed by atoms with Crippen molar-refractivity contribution in [1.29, 1.82) is 0 Å². The van der Waals surface area contributed by atoms with E-state index in [0.717, 1.165) is 58.2 Å². The van der Waals surface area contributed by atoms with Crippen LogP contribution in [0.5, 0.6) is 0 Å². The molecule has 0 amide bonds. The first-order valence-electron chi connectivity index (χ1n) is 25.9. The number of allylic oxidation sites excluding steroid dienone is 2. The number of fused-ring (bicyclic) bond motifs is 2. The molecule has 2 unspecified atom stereocenters. The van der Waals surface area contributed by atoms with E-state index in [0.29, 0.717) is 0 Å². The van der Waals surface area contributed by atoms with Gasteiger partial charge in [0.2, 0.25) is 0 Å². The number of rotatable bonds is 8. The Bertz CT molecular complexity index is 2920. The molecule has 6 aromatic rings. The van der Waals surface area contributed by atoms with Gasteiger partial charge in [-0.05, 0) is 0 Å². The maximum atomic E-state index is 9.32. The molecule has 0 saturated heterocycles. The van der Waals surface area contributed by atoms with Gasteiger partial charge in [-0.25, -0.2) is 0 Å². The second-order valence-electron chi connectivity index (χ2n) is 25.4. The Labute approximate surface area is 430 Å². The number of hydrogen-bond acceptors (Lipinski definition) is 2. The van der Waals surface area contributed by atoms with Crippen molar-refractivity contribution in [3.63, 3.8) is 0 Å². The molecule has 2 nitrogen and oxygen atoms in total. The van der Waals surface area contributed by atoms with E-state index in [4.69, 9.17) is 8.83 Å². The molecule has 70 heavy (non-hydrogen) atoms. The molecular formula is C64H80Cl2O2SiZr. The minimum absolute atomic E-state index is 0.0448. The van der Waals surface area contributed by atoms with Crippen LogP contribution in [0, 0.1) is 27.7 Å². The molecule has 0 N–H and O–H groups in total. The number of aryl methyl sites for hydroxylation is 6. The summed E-state index contributed by atoms with van der Waals surface area (Å²) in [5, 5.41) is 0. The second-order valence-corrected chi connectivity index (χ2v) is 64.2. The zero-order valence-electron chi connectivity index (χ0n) is 46.2. The van der Waals surface area contributed by atoms with Crippen LogP contribution in [0.15, 0.2) is 81.6 Å². The third-order valence-electron chi connectivity index (χ3n) is 16.2. The summed E-state index contributed by atoms with van der Waals surface area (Å²) < 4.78 is 13.2. The summed E-state index contributed by atoms with van der Waals surface area (Å²) >= 11 is -5.60. The fourth-order valence-electron chi connectivity index (χ4n) is 11.3. The molecule has 0 fully saturated rings. The fourth-order valence-corrected chi connectivity index (χ4v) is 39.0. The van der Waals surface area contributed by atoms with Gasteiger partial charge in [-0.3, -0.25) is 0 Å². The van der Waals surface area contributed by atoms with Crippen molar-refractivity contribution in [2.24, 2.45) is 0 Å². The maximum absolute atomic E-state index is 9.32. The molecule has 6 heteroatoms. The van der Waals surface area contributed by atoms with Crippen LogP contribution in [0.2, 0.25) is 13.1 Å². The first-order valence-corrected chi connectivity index (χ1v) is 41.2. The van der Waals surface area contributed by atoms with E-state index in [1.54, 1.807) is 0 Å². The third-order valence-corrected chi connectivity index (χ3v) is 62.4. The van der Waals surface area contributed by atoms with Gasteiger partial charge in [-0.1, -0.05) is 0 Å². The molecule has 2 aliphatic carbocycles. The molecular weight excluding hydrogens is 991 g/mol. The van der Waals surface area contributed by atoms with Crippen LogP contribution in [0.3, 0.4) is 0 Å². The molecule has 4 aromatic carbocycles. The van der Waals surface area contributed by atoms with Crippen LogP contribution in [0.25, 0.3) is 45.6 Å². The summed E-state index contributed by atoms with van der Waals surface area (Å²) in [5.41, 5.74) is 20.8. The summed E-state index contributed by atoms with van der Waals surface area (Å²) in [6.45, 7) is 45.8. The van der Waals surface area contributed by atoms with Crippen molar-refractivity contribution < 1.29 is 23.8 Å². The van der Waals surface area contributed by atoms with Crippen molar-refractivity contribution in [2.75, 3.05) is 0 Å². The Hall–Kier alpha value is -3.40. The number of furan rings is 2. The van der Waals surface area contributed by atoms with Crippen molar-refractivity contribution in [3.8, 4) is 22.3 Å². The van der Waals surface area contributed by atoms with Gasteiger partial charge >= 0.3 is 434 Å². The predicted molar refractivity (Wildman–Crippen MR) is 304 cm³/mol. The SMILES string of the molecule is CCc1ccc2c(c1-c1cc(C(C)(C)C)cc(C(C)(C)C)c1)C=C(c1cc(C)c(C)o1)[CH]2[Zr]([Cl])([Cl])([CH]1C(c2cc(C)c(C)o2)=Cc2c1ccc(CC)c2-c1cc(C(C)(C)C)cc(C(C)(C)C)c1)=[Si](C)C. The molecule has 2 atom stereocenters. The standard InChI is InChI=1S/2C31H37O.C2H6Si.2ClH.Zr/c2*1-10-21-11-12-22-14-23(28-13-19(2)20(3)32-28)17-27(22)29(21)24-15-25(30(4,5)6)18-26(16-24)31(7,8)9;1-3-2;;;/h2*11-18H,10H2,1-9H3;1-2H3;2*1H;/q;;;;;+2/p-2. The molecule has 2 aliphatic rings. The summed E-state index contributed by atoms with van der Waals surface area (Å²) in [4.78, 5) is 0. The third kappa shape index (κ3) is 8.98. The van der Waals surface area contributed by atoms with Crippen LogP contribution < -0.4 is 0 Å². The monoisotopic (exact) mass is 1070 g/mol. The van der Waals surface area contributed by atoms with Crippen LogP contribution in [-0.2, 0) is 49.5 Å². The van der Waals surface area contributed by atoms with Crippen LogP contribution in [0.1, 0.15) is 194 Å². The van der Waals surface area contributed by atoms with Crippen molar-refractivity contribution in [2.45, 2.75) is 179 Å². The van der Waals surface area contributed by atoms with Gasteiger partial charge in [0.05, 0.1) is 0 Å². The van der Waals surface area contributed by atoms with Gasteiger partial charge in [-0.15, -0.1) is 0 Å². The summed E-state index contributed by atoms with van der Waals surface area (Å²) in [5.74, 6) is 3.58. The van der Waals surface area contributed by atoms with Gasteiger partial charge in [-0.2, -0.15) is 0 Å². The average molecular weight is 1070 g/mol. The molecule has 0 spiro atoms. The number of halogens is 2. The molecule has 2 heterocycles. The van der Waals surface area contributed by atoms with Crippen LogP contribution in [-0.4, -0.2) is 5.43 Å². The summed E-state index contributed by atoms with van der Waals surface area (Å²) in [6.07, 6.45) is 6.69. The molecule has 2 aromatic heterocycles. The quantitative estimate of drug-likeness (QED) is 0.142. The molecule has 0 bridgehead atoms. The van der Waals surface area contributed by atoms with Crippen molar-refractivity contribution >= 4 is 45.8 Å². The molecule has 0 aliphatic heterocycles. The molecule has 0 saturated carbocycles. The Morgan fingerprint density at radius 1 is 0.486 bits per heavy atom. The van der Waals surface area contributed by atoms with Crippen molar-refractivity contribution in [1.82, 2.24) is 0 Å². The first kappa shape index (κ1) is 52.9. The normalized spacial score (nSPS) is 16.7. The Morgan fingerprint density at radius 2 is 0.800 bits per heavy atom. The van der Waals surface area contributed by atoms with Gasteiger partial charge in [0, 0.05) is 0 Å². The van der Waals surface area contributed by atoms with Gasteiger partial charge < -0.3 is 0 Å². The van der Waals surface area contributed by atoms with E-state index < -0.39 is 20.4 Å². The zero-order chi connectivity index (χ0) is 51.6. The zero-order valence-corrected chi connectivity index (χ0v) is 51.2. The number of benzene rings is 4. The Morgan fingerprint density at radius 3 is 1.04 bits per heavy atom. The fraction of sp³-hybridized carbons (Fsp3) is 0.438. The van der Waals surface area contributed by atoms with E-state index in [-0.39, 0.29) is 28.9 Å². The van der Waals surface area contributed by atoms with E-state index in [9.17, 15) is 17.0 Å². The Kier molecular flexibility index (Phi) is 13.5. The molecule has 8 rings (SSSR count). The van der Waals surface area contributed by atoms with E-state index in [1.807, 2.05) is 0 Å². The molecule has 0 radical (unpaired) electrons. The summed E-state index contributed by atoms with van der Waals surface area (Å²) in [7, 11) is 18.6. The van der Waals surface area contributed by atoms with E-state index in [2.05, 4.69) is 223 Å². The Balaban J connectivity index is 1.51. The predicted octanol–water partition coefficient (Wildman–Crippen LogP) is 19.9. The van der Waals surface area contributed by atoms with Gasteiger partial charge in [0.15, 0.2) is 0 Å².